The van der Waals surface area contributed by atoms with Gasteiger partial charge in [0.2, 0.25) is 0 Å². The third-order valence-electron chi connectivity index (χ3n) is 5.23. The van der Waals surface area contributed by atoms with Crippen LogP contribution in [0.2, 0.25) is 0 Å². The number of furan rings is 1. The second kappa shape index (κ2) is 8.89. The monoisotopic (exact) mass is 403 g/mol. The van der Waals surface area contributed by atoms with Gasteiger partial charge in [-0.1, -0.05) is 6.07 Å². The van der Waals surface area contributed by atoms with Gasteiger partial charge in [-0.3, -0.25) is 14.5 Å². The van der Waals surface area contributed by atoms with Gasteiger partial charge >= 0.3 is 0 Å². The average molecular weight is 404 g/mol. The van der Waals surface area contributed by atoms with Gasteiger partial charge in [-0.05, 0) is 36.5 Å². The molecule has 0 aliphatic carbocycles. The van der Waals surface area contributed by atoms with Crippen LogP contribution < -0.4 is 0 Å². The van der Waals surface area contributed by atoms with Crippen molar-refractivity contribution in [3.8, 4) is 0 Å². The van der Waals surface area contributed by atoms with Crippen molar-refractivity contribution in [1.82, 2.24) is 14.7 Å². The maximum atomic E-state index is 12.6. The summed E-state index contributed by atoms with van der Waals surface area (Å²) in [7, 11) is 0. The van der Waals surface area contributed by atoms with Gasteiger partial charge in [0.1, 0.15) is 0 Å². The van der Waals surface area contributed by atoms with Crippen LogP contribution in [0.15, 0.2) is 40.3 Å². The number of nitrogens with zero attached hydrogens (tertiary/aromatic N) is 3. The number of rotatable bonds is 4. The lowest BCUT2D eigenvalue weighted by Crippen LogP contribution is -2.50. The second-order valence-corrected chi connectivity index (χ2v) is 8.09. The molecule has 1 unspecified atom stereocenters. The molecule has 0 saturated carbocycles. The number of amides is 2. The fraction of sp³-hybridized carbons (Fsp3) is 0.500. The van der Waals surface area contributed by atoms with Crippen molar-refractivity contribution in [3.05, 3.63) is 46.5 Å². The fourth-order valence-electron chi connectivity index (χ4n) is 3.77. The van der Waals surface area contributed by atoms with E-state index in [0.29, 0.717) is 32.0 Å². The summed E-state index contributed by atoms with van der Waals surface area (Å²) in [6, 6.07) is 7.22. The van der Waals surface area contributed by atoms with Crippen LogP contribution in [0.3, 0.4) is 0 Å². The summed E-state index contributed by atoms with van der Waals surface area (Å²) in [6.07, 6.45) is 2.45. The summed E-state index contributed by atoms with van der Waals surface area (Å²) in [6.45, 7) is 5.71. The van der Waals surface area contributed by atoms with Crippen LogP contribution in [0.25, 0.3) is 0 Å². The van der Waals surface area contributed by atoms with E-state index in [1.54, 1.807) is 12.1 Å². The molecule has 28 heavy (non-hydrogen) atoms. The van der Waals surface area contributed by atoms with E-state index in [9.17, 15) is 9.59 Å². The predicted molar refractivity (Wildman–Crippen MR) is 106 cm³/mol. The third kappa shape index (κ3) is 4.45. The molecule has 4 rings (SSSR count). The molecule has 2 saturated heterocycles. The van der Waals surface area contributed by atoms with E-state index < -0.39 is 0 Å². The summed E-state index contributed by atoms with van der Waals surface area (Å²) in [4.78, 5) is 31.9. The van der Waals surface area contributed by atoms with Crippen LogP contribution in [0, 0.1) is 0 Å². The minimum absolute atomic E-state index is 0.00462. The standard InChI is InChI=1S/C20H25N3O4S/c24-19(17-4-1-11-27-17)22-7-3-6-21(8-9-22)14-16-15-23(10-12-26-16)20(25)18-5-2-13-28-18/h1-2,4-5,11,13,16H,3,6-10,12,14-15H2. The molecule has 2 amide bonds. The number of thiophene rings is 1. The molecule has 150 valence electrons. The van der Waals surface area contributed by atoms with Crippen LogP contribution in [-0.4, -0.2) is 85.0 Å². The average Bonchev–Trinajstić information content (AvgIpc) is 3.39. The normalized spacial score (nSPS) is 21.5. The van der Waals surface area contributed by atoms with E-state index in [2.05, 4.69) is 4.90 Å². The summed E-state index contributed by atoms with van der Waals surface area (Å²) >= 11 is 1.48. The summed E-state index contributed by atoms with van der Waals surface area (Å²) in [5.74, 6) is 0.440. The Morgan fingerprint density at radius 2 is 1.96 bits per heavy atom. The van der Waals surface area contributed by atoms with Gasteiger partial charge in [-0.15, -0.1) is 11.3 Å². The molecule has 0 aromatic carbocycles. The van der Waals surface area contributed by atoms with Gasteiger partial charge in [0, 0.05) is 39.3 Å². The first-order valence-corrected chi connectivity index (χ1v) is 10.6. The molecule has 2 aromatic heterocycles. The minimum Gasteiger partial charge on any atom is -0.459 e. The Morgan fingerprint density at radius 1 is 1.04 bits per heavy atom. The molecule has 2 fully saturated rings. The number of hydrogen-bond acceptors (Lipinski definition) is 6. The van der Waals surface area contributed by atoms with Gasteiger partial charge in [0.15, 0.2) is 5.76 Å². The molecule has 4 heterocycles. The van der Waals surface area contributed by atoms with Gasteiger partial charge in [-0.25, -0.2) is 0 Å². The maximum Gasteiger partial charge on any atom is 0.289 e. The Balaban J connectivity index is 1.29. The van der Waals surface area contributed by atoms with Gasteiger partial charge in [-0.2, -0.15) is 0 Å². The molecule has 2 aliphatic heterocycles. The van der Waals surface area contributed by atoms with Gasteiger partial charge < -0.3 is 19.0 Å². The zero-order valence-corrected chi connectivity index (χ0v) is 16.6. The zero-order chi connectivity index (χ0) is 19.3. The van der Waals surface area contributed by atoms with Crippen molar-refractivity contribution >= 4 is 23.2 Å². The van der Waals surface area contributed by atoms with E-state index in [0.717, 1.165) is 37.5 Å². The lowest BCUT2D eigenvalue weighted by Gasteiger charge is -2.35. The molecule has 0 radical (unpaired) electrons. The first-order valence-electron chi connectivity index (χ1n) is 9.70. The number of morpholine rings is 1. The van der Waals surface area contributed by atoms with E-state index in [1.165, 1.54) is 17.6 Å². The van der Waals surface area contributed by atoms with Crippen LogP contribution in [0.5, 0.6) is 0 Å². The van der Waals surface area contributed by atoms with Crippen molar-refractivity contribution in [1.29, 1.82) is 0 Å². The van der Waals surface area contributed by atoms with Crippen LogP contribution >= 0.6 is 11.3 Å². The Kier molecular flexibility index (Phi) is 6.09. The summed E-state index contributed by atoms with van der Waals surface area (Å²) in [5.41, 5.74) is 0. The Morgan fingerprint density at radius 3 is 2.75 bits per heavy atom. The van der Waals surface area contributed by atoms with Crippen molar-refractivity contribution in [2.75, 3.05) is 52.4 Å². The molecular weight excluding hydrogens is 378 g/mol. The fourth-order valence-corrected chi connectivity index (χ4v) is 4.46. The van der Waals surface area contributed by atoms with E-state index in [-0.39, 0.29) is 17.9 Å². The summed E-state index contributed by atoms with van der Waals surface area (Å²) < 4.78 is 11.2. The van der Waals surface area contributed by atoms with Gasteiger partial charge in [0.25, 0.3) is 11.8 Å². The molecule has 7 nitrogen and oxygen atoms in total. The number of carbonyl (C=O) groups excluding carboxylic acids is 2. The van der Waals surface area contributed by atoms with Crippen LogP contribution in [-0.2, 0) is 4.74 Å². The number of carbonyl (C=O) groups is 2. The second-order valence-electron chi connectivity index (χ2n) is 7.14. The smallest absolute Gasteiger partial charge is 0.289 e. The molecule has 8 heteroatoms. The molecule has 2 aliphatic rings. The van der Waals surface area contributed by atoms with E-state index in [1.807, 2.05) is 27.3 Å². The predicted octanol–water partition coefficient (Wildman–Crippen LogP) is 2.03. The van der Waals surface area contributed by atoms with Crippen molar-refractivity contribution in [3.63, 3.8) is 0 Å². The lowest BCUT2D eigenvalue weighted by molar-refractivity contribution is -0.0352. The number of hydrogen-bond donors (Lipinski definition) is 0. The quantitative estimate of drug-likeness (QED) is 0.782. The highest BCUT2D eigenvalue weighted by Crippen LogP contribution is 2.16. The maximum absolute atomic E-state index is 12.6. The minimum atomic E-state index is -0.0477. The Hall–Kier alpha value is -2.16. The van der Waals surface area contributed by atoms with E-state index >= 15 is 0 Å². The Labute approximate surface area is 168 Å². The SMILES string of the molecule is O=C(c1ccco1)N1CCCN(CC2CN(C(=O)c3cccs3)CCO2)CC1. The van der Waals surface area contributed by atoms with Crippen LogP contribution in [0.4, 0.5) is 0 Å². The molecular formula is C20H25N3O4S. The molecule has 0 spiro atoms. The zero-order valence-electron chi connectivity index (χ0n) is 15.8. The largest absolute Gasteiger partial charge is 0.459 e. The first kappa shape index (κ1) is 19.2. The lowest BCUT2D eigenvalue weighted by atomic mass is 10.2. The molecule has 2 aromatic rings. The van der Waals surface area contributed by atoms with Crippen LogP contribution in [0.1, 0.15) is 26.6 Å². The van der Waals surface area contributed by atoms with Gasteiger partial charge in [0.05, 0.1) is 23.9 Å². The molecule has 0 bridgehead atoms. The third-order valence-corrected chi connectivity index (χ3v) is 6.09. The molecule has 0 N–H and O–H groups in total. The van der Waals surface area contributed by atoms with Crippen molar-refractivity contribution < 1.29 is 18.7 Å². The van der Waals surface area contributed by atoms with Crippen molar-refractivity contribution in [2.24, 2.45) is 0 Å². The Bertz CT molecular complexity index is 777. The highest BCUT2D eigenvalue weighted by atomic mass is 32.1. The topological polar surface area (TPSA) is 66.2 Å². The summed E-state index contributed by atoms with van der Waals surface area (Å²) in [5, 5.41) is 1.93. The number of ether oxygens (including phenoxy) is 1. The molecule has 1 atom stereocenters. The van der Waals surface area contributed by atoms with E-state index in [4.69, 9.17) is 9.15 Å². The first-order chi connectivity index (χ1) is 13.7. The highest BCUT2D eigenvalue weighted by molar-refractivity contribution is 7.12. The van der Waals surface area contributed by atoms with Crippen molar-refractivity contribution in [2.45, 2.75) is 12.5 Å². The highest BCUT2D eigenvalue weighted by Gasteiger charge is 2.28.